The number of nitrogens with one attached hydrogen (secondary N) is 2. The summed E-state index contributed by atoms with van der Waals surface area (Å²) in [5.74, 6) is 0.148. The van der Waals surface area contributed by atoms with Crippen LogP contribution in [0, 0.1) is 6.92 Å². The molecule has 0 saturated carbocycles. The Balaban J connectivity index is 1.93. The Bertz CT molecular complexity index is 831. The van der Waals surface area contributed by atoms with E-state index >= 15 is 0 Å². The van der Waals surface area contributed by atoms with Gasteiger partial charge in [-0.15, -0.1) is 0 Å². The Kier molecular flexibility index (Phi) is 7.43. The number of aryl methyl sites for hydroxylation is 1. The molecule has 142 valence electrons. The summed E-state index contributed by atoms with van der Waals surface area (Å²) in [6, 6.07) is 12.6. The SMILES string of the molecule is CCCOc1ccc(C(=O)NNC(=O)/C=C/c2cccc(C)c2)cc1OC. The van der Waals surface area contributed by atoms with Crippen molar-refractivity contribution in [3.8, 4) is 11.5 Å². The van der Waals surface area contributed by atoms with Crippen LogP contribution in [0.4, 0.5) is 0 Å². The number of ether oxygens (including phenoxy) is 2. The van der Waals surface area contributed by atoms with Gasteiger partial charge in [-0.3, -0.25) is 20.4 Å². The van der Waals surface area contributed by atoms with Gasteiger partial charge in [-0.25, -0.2) is 0 Å². The zero-order valence-electron chi connectivity index (χ0n) is 15.7. The third kappa shape index (κ3) is 6.18. The number of carbonyl (C=O) groups excluding carboxylic acids is 2. The van der Waals surface area contributed by atoms with Crippen LogP contribution in [0.1, 0.15) is 34.8 Å². The Labute approximate surface area is 159 Å². The number of hydrogen-bond acceptors (Lipinski definition) is 4. The van der Waals surface area contributed by atoms with E-state index in [-0.39, 0.29) is 0 Å². The molecule has 2 amide bonds. The lowest BCUT2D eigenvalue weighted by atomic mass is 10.1. The normalized spacial score (nSPS) is 10.5. The van der Waals surface area contributed by atoms with Crippen molar-refractivity contribution in [1.82, 2.24) is 10.9 Å². The molecule has 0 atom stereocenters. The lowest BCUT2D eigenvalue weighted by Gasteiger charge is -2.12. The highest BCUT2D eigenvalue weighted by Gasteiger charge is 2.11. The van der Waals surface area contributed by atoms with E-state index < -0.39 is 11.8 Å². The van der Waals surface area contributed by atoms with Crippen molar-refractivity contribution >= 4 is 17.9 Å². The first-order valence-electron chi connectivity index (χ1n) is 8.69. The summed E-state index contributed by atoms with van der Waals surface area (Å²) in [4.78, 5) is 24.1. The molecule has 6 nitrogen and oxygen atoms in total. The highest BCUT2D eigenvalue weighted by atomic mass is 16.5. The van der Waals surface area contributed by atoms with Gasteiger partial charge in [-0.05, 0) is 43.2 Å². The van der Waals surface area contributed by atoms with Gasteiger partial charge in [0, 0.05) is 11.6 Å². The number of rotatable bonds is 7. The minimum atomic E-state index is -0.451. The van der Waals surface area contributed by atoms with Crippen molar-refractivity contribution < 1.29 is 19.1 Å². The van der Waals surface area contributed by atoms with Crippen LogP contribution < -0.4 is 20.3 Å². The molecule has 0 radical (unpaired) electrons. The number of methoxy groups -OCH3 is 1. The fraction of sp³-hybridized carbons (Fsp3) is 0.238. The quantitative estimate of drug-likeness (QED) is 0.581. The fourth-order valence-electron chi connectivity index (χ4n) is 2.32. The summed E-state index contributed by atoms with van der Waals surface area (Å²) in [5, 5.41) is 0. The van der Waals surface area contributed by atoms with Crippen LogP contribution in [0.2, 0.25) is 0 Å². The molecule has 0 saturated heterocycles. The fourth-order valence-corrected chi connectivity index (χ4v) is 2.32. The third-order valence-electron chi connectivity index (χ3n) is 3.66. The average molecular weight is 368 g/mol. The van der Waals surface area contributed by atoms with Gasteiger partial charge in [0.25, 0.3) is 11.8 Å². The molecule has 6 heteroatoms. The van der Waals surface area contributed by atoms with Gasteiger partial charge in [0.1, 0.15) is 0 Å². The standard InChI is InChI=1S/C21H24N2O4/c1-4-12-27-18-10-9-17(14-19(18)26-3)21(25)23-22-20(24)11-8-16-7-5-6-15(2)13-16/h5-11,13-14H,4,12H2,1-3H3,(H,22,24)(H,23,25)/b11-8+. The zero-order valence-corrected chi connectivity index (χ0v) is 15.7. The Morgan fingerprint density at radius 2 is 1.89 bits per heavy atom. The van der Waals surface area contributed by atoms with Crippen molar-refractivity contribution in [2.45, 2.75) is 20.3 Å². The second-order valence-electron chi connectivity index (χ2n) is 5.90. The number of amides is 2. The molecule has 0 fully saturated rings. The predicted octanol–water partition coefficient (Wildman–Crippen LogP) is 3.27. The lowest BCUT2D eigenvalue weighted by Crippen LogP contribution is -2.40. The Morgan fingerprint density at radius 1 is 1.07 bits per heavy atom. The number of hydrazine groups is 1. The predicted molar refractivity (Wildman–Crippen MR) is 105 cm³/mol. The highest BCUT2D eigenvalue weighted by molar-refractivity contribution is 5.98. The topological polar surface area (TPSA) is 76.7 Å². The van der Waals surface area contributed by atoms with E-state index in [1.807, 2.05) is 38.1 Å². The summed E-state index contributed by atoms with van der Waals surface area (Å²) in [7, 11) is 1.51. The number of carbonyl (C=O) groups is 2. The molecule has 27 heavy (non-hydrogen) atoms. The minimum Gasteiger partial charge on any atom is -0.493 e. The molecule has 0 aromatic heterocycles. The van der Waals surface area contributed by atoms with E-state index in [1.165, 1.54) is 13.2 Å². The van der Waals surface area contributed by atoms with Crippen LogP contribution in [-0.4, -0.2) is 25.5 Å². The van der Waals surface area contributed by atoms with Crippen LogP contribution in [-0.2, 0) is 4.79 Å². The van der Waals surface area contributed by atoms with Gasteiger partial charge < -0.3 is 9.47 Å². The van der Waals surface area contributed by atoms with Crippen molar-refractivity contribution in [1.29, 1.82) is 0 Å². The van der Waals surface area contributed by atoms with Crippen molar-refractivity contribution in [2.24, 2.45) is 0 Å². The smallest absolute Gasteiger partial charge is 0.269 e. The van der Waals surface area contributed by atoms with E-state index in [0.29, 0.717) is 23.7 Å². The number of hydrogen-bond donors (Lipinski definition) is 2. The second-order valence-corrected chi connectivity index (χ2v) is 5.90. The van der Waals surface area contributed by atoms with E-state index in [1.54, 1.807) is 24.3 Å². The van der Waals surface area contributed by atoms with Gasteiger partial charge in [0.05, 0.1) is 13.7 Å². The lowest BCUT2D eigenvalue weighted by molar-refractivity contribution is -0.117. The van der Waals surface area contributed by atoms with Gasteiger partial charge in [0.2, 0.25) is 0 Å². The first kappa shape index (κ1) is 20.0. The van der Waals surface area contributed by atoms with Gasteiger partial charge >= 0.3 is 0 Å². The highest BCUT2D eigenvalue weighted by Crippen LogP contribution is 2.28. The summed E-state index contributed by atoms with van der Waals surface area (Å²) >= 11 is 0. The maximum absolute atomic E-state index is 12.2. The average Bonchev–Trinajstić information content (AvgIpc) is 2.68. The summed E-state index contributed by atoms with van der Waals surface area (Å²) in [6.45, 7) is 4.54. The molecule has 0 unspecified atom stereocenters. The van der Waals surface area contributed by atoms with Gasteiger partial charge in [0.15, 0.2) is 11.5 Å². The Hall–Kier alpha value is -3.28. The van der Waals surface area contributed by atoms with Gasteiger partial charge in [-0.1, -0.05) is 36.8 Å². The summed E-state index contributed by atoms with van der Waals surface area (Å²) in [5.41, 5.74) is 7.08. The van der Waals surface area contributed by atoms with E-state index in [2.05, 4.69) is 10.9 Å². The second kappa shape index (κ2) is 10.0. The van der Waals surface area contributed by atoms with Crippen LogP contribution >= 0.6 is 0 Å². The van der Waals surface area contributed by atoms with E-state index in [9.17, 15) is 9.59 Å². The molecule has 0 spiro atoms. The molecule has 0 bridgehead atoms. The number of benzene rings is 2. The van der Waals surface area contributed by atoms with Crippen molar-refractivity contribution in [2.75, 3.05) is 13.7 Å². The van der Waals surface area contributed by atoms with E-state index in [4.69, 9.17) is 9.47 Å². The van der Waals surface area contributed by atoms with Crippen molar-refractivity contribution in [3.63, 3.8) is 0 Å². The molecular weight excluding hydrogens is 344 g/mol. The maximum Gasteiger partial charge on any atom is 0.269 e. The molecule has 0 aliphatic rings. The molecule has 0 aliphatic carbocycles. The van der Waals surface area contributed by atoms with Crippen LogP contribution in [0.5, 0.6) is 11.5 Å². The van der Waals surface area contributed by atoms with Crippen LogP contribution in [0.15, 0.2) is 48.5 Å². The largest absolute Gasteiger partial charge is 0.493 e. The molecule has 0 heterocycles. The maximum atomic E-state index is 12.2. The minimum absolute atomic E-state index is 0.346. The molecule has 2 rings (SSSR count). The molecule has 2 aromatic carbocycles. The molecule has 2 N–H and O–H groups in total. The zero-order chi connectivity index (χ0) is 19.6. The first-order valence-corrected chi connectivity index (χ1v) is 8.69. The molecule has 2 aromatic rings. The monoisotopic (exact) mass is 368 g/mol. The third-order valence-corrected chi connectivity index (χ3v) is 3.66. The Morgan fingerprint density at radius 3 is 2.59 bits per heavy atom. The van der Waals surface area contributed by atoms with Crippen LogP contribution in [0.25, 0.3) is 6.08 Å². The molecular formula is C21H24N2O4. The van der Waals surface area contributed by atoms with Gasteiger partial charge in [-0.2, -0.15) is 0 Å². The van der Waals surface area contributed by atoms with Crippen LogP contribution in [0.3, 0.4) is 0 Å². The van der Waals surface area contributed by atoms with E-state index in [0.717, 1.165) is 17.5 Å². The first-order chi connectivity index (χ1) is 13.0. The van der Waals surface area contributed by atoms with Crippen molar-refractivity contribution in [3.05, 3.63) is 65.2 Å². The summed E-state index contributed by atoms with van der Waals surface area (Å²) in [6.07, 6.45) is 3.90. The summed E-state index contributed by atoms with van der Waals surface area (Å²) < 4.78 is 10.8. The molecule has 0 aliphatic heterocycles.